The molecule has 0 spiro atoms. The molecule has 3 heteroatoms. The van der Waals surface area contributed by atoms with Crippen molar-refractivity contribution in [1.82, 2.24) is 9.80 Å². The number of likely N-dealkylation sites (N-methyl/N-ethyl adjacent to an activating group) is 1. The predicted octanol–water partition coefficient (Wildman–Crippen LogP) is 2.80. The van der Waals surface area contributed by atoms with E-state index in [4.69, 9.17) is 0 Å². The first-order chi connectivity index (χ1) is 8.75. The van der Waals surface area contributed by atoms with Crippen LogP contribution in [0.1, 0.15) is 12.8 Å². The SMILES string of the molecule is CN(C)C1CCCN(CCSc2ccccc2)C1. The molecule has 1 heterocycles. The van der Waals surface area contributed by atoms with Gasteiger partial charge in [0.05, 0.1) is 0 Å². The van der Waals surface area contributed by atoms with Crippen molar-refractivity contribution in [3.63, 3.8) is 0 Å². The van der Waals surface area contributed by atoms with Gasteiger partial charge < -0.3 is 9.80 Å². The van der Waals surface area contributed by atoms with Crippen LogP contribution >= 0.6 is 11.8 Å². The quantitative estimate of drug-likeness (QED) is 0.755. The van der Waals surface area contributed by atoms with Crippen LogP contribution in [0.4, 0.5) is 0 Å². The van der Waals surface area contributed by atoms with E-state index in [2.05, 4.69) is 54.2 Å². The molecule has 1 aromatic carbocycles. The summed E-state index contributed by atoms with van der Waals surface area (Å²) in [5.74, 6) is 1.20. The minimum Gasteiger partial charge on any atom is -0.305 e. The maximum atomic E-state index is 2.62. The van der Waals surface area contributed by atoms with Crippen LogP contribution in [0.5, 0.6) is 0 Å². The molecule has 0 aliphatic carbocycles. The Morgan fingerprint density at radius 2 is 2.06 bits per heavy atom. The van der Waals surface area contributed by atoms with Gasteiger partial charge in [0.2, 0.25) is 0 Å². The van der Waals surface area contributed by atoms with Crippen molar-refractivity contribution < 1.29 is 0 Å². The standard InChI is InChI=1S/C15H24N2S/c1-16(2)14-7-6-10-17(13-14)11-12-18-15-8-4-3-5-9-15/h3-5,8-9,14H,6-7,10-13H2,1-2H3. The van der Waals surface area contributed by atoms with E-state index >= 15 is 0 Å². The normalized spacial score (nSPS) is 21.4. The van der Waals surface area contributed by atoms with E-state index < -0.39 is 0 Å². The highest BCUT2D eigenvalue weighted by Gasteiger charge is 2.20. The lowest BCUT2D eigenvalue weighted by Crippen LogP contribution is -2.45. The second-order valence-electron chi connectivity index (χ2n) is 5.22. The summed E-state index contributed by atoms with van der Waals surface area (Å²) in [7, 11) is 4.40. The zero-order valence-electron chi connectivity index (χ0n) is 11.5. The van der Waals surface area contributed by atoms with Crippen molar-refractivity contribution in [3.05, 3.63) is 30.3 Å². The van der Waals surface area contributed by atoms with E-state index in [0.29, 0.717) is 0 Å². The van der Waals surface area contributed by atoms with E-state index in [1.807, 2.05) is 11.8 Å². The van der Waals surface area contributed by atoms with Gasteiger partial charge in [-0.05, 0) is 45.6 Å². The van der Waals surface area contributed by atoms with Gasteiger partial charge in [0.15, 0.2) is 0 Å². The summed E-state index contributed by atoms with van der Waals surface area (Å²) < 4.78 is 0. The van der Waals surface area contributed by atoms with Crippen LogP contribution in [0.25, 0.3) is 0 Å². The van der Waals surface area contributed by atoms with Gasteiger partial charge in [0.1, 0.15) is 0 Å². The molecule has 1 saturated heterocycles. The van der Waals surface area contributed by atoms with Crippen LogP contribution in [0.2, 0.25) is 0 Å². The largest absolute Gasteiger partial charge is 0.305 e. The summed E-state index contributed by atoms with van der Waals surface area (Å²) in [5.41, 5.74) is 0. The highest BCUT2D eigenvalue weighted by molar-refractivity contribution is 7.99. The van der Waals surface area contributed by atoms with E-state index in [9.17, 15) is 0 Å². The van der Waals surface area contributed by atoms with Crippen LogP contribution in [0, 0.1) is 0 Å². The molecule has 1 aliphatic heterocycles. The molecule has 100 valence electrons. The van der Waals surface area contributed by atoms with Crippen LogP contribution in [0.15, 0.2) is 35.2 Å². The summed E-state index contributed by atoms with van der Waals surface area (Å²) in [5, 5.41) is 0. The molecule has 0 amide bonds. The molecule has 1 fully saturated rings. The number of piperidine rings is 1. The number of benzene rings is 1. The Labute approximate surface area is 115 Å². The summed E-state index contributed by atoms with van der Waals surface area (Å²) in [6.45, 7) is 3.73. The molecule has 0 saturated carbocycles. The Bertz CT molecular complexity index is 340. The summed E-state index contributed by atoms with van der Waals surface area (Å²) in [6, 6.07) is 11.5. The fourth-order valence-electron chi connectivity index (χ4n) is 2.47. The molecule has 1 aromatic rings. The second kappa shape index (κ2) is 7.17. The summed E-state index contributed by atoms with van der Waals surface area (Å²) in [6.07, 6.45) is 2.70. The van der Waals surface area contributed by atoms with E-state index in [-0.39, 0.29) is 0 Å². The molecule has 18 heavy (non-hydrogen) atoms. The van der Waals surface area contributed by atoms with Crippen LogP contribution in [-0.2, 0) is 0 Å². The van der Waals surface area contributed by atoms with E-state index in [0.717, 1.165) is 6.04 Å². The Morgan fingerprint density at radius 1 is 1.28 bits per heavy atom. The first-order valence-corrected chi connectivity index (χ1v) is 7.81. The number of nitrogens with zero attached hydrogens (tertiary/aromatic N) is 2. The zero-order chi connectivity index (χ0) is 12.8. The second-order valence-corrected chi connectivity index (χ2v) is 6.39. The first kappa shape index (κ1) is 13.9. The van der Waals surface area contributed by atoms with Gasteiger partial charge in [-0.25, -0.2) is 0 Å². The monoisotopic (exact) mass is 264 g/mol. The molecule has 0 radical (unpaired) electrons. The molecule has 0 aromatic heterocycles. The van der Waals surface area contributed by atoms with Crippen LogP contribution < -0.4 is 0 Å². The first-order valence-electron chi connectivity index (χ1n) is 6.82. The van der Waals surface area contributed by atoms with Gasteiger partial charge in [-0.3, -0.25) is 0 Å². The van der Waals surface area contributed by atoms with E-state index in [1.165, 1.54) is 43.1 Å². The fourth-order valence-corrected chi connectivity index (χ4v) is 3.40. The van der Waals surface area contributed by atoms with Gasteiger partial charge >= 0.3 is 0 Å². The van der Waals surface area contributed by atoms with Crippen LogP contribution in [0.3, 0.4) is 0 Å². The number of rotatable bonds is 5. The molecular weight excluding hydrogens is 240 g/mol. The van der Waals surface area contributed by atoms with Crippen molar-refractivity contribution in [3.8, 4) is 0 Å². The smallest absolute Gasteiger partial charge is 0.0217 e. The third kappa shape index (κ3) is 4.30. The molecule has 1 aliphatic rings. The topological polar surface area (TPSA) is 6.48 Å². The lowest BCUT2D eigenvalue weighted by atomic mass is 10.1. The van der Waals surface area contributed by atoms with Gasteiger partial charge in [-0.2, -0.15) is 0 Å². The number of hydrogen-bond donors (Lipinski definition) is 0. The van der Waals surface area contributed by atoms with Crippen molar-refractivity contribution in [2.75, 3.05) is 39.5 Å². The molecule has 1 unspecified atom stereocenters. The maximum Gasteiger partial charge on any atom is 0.0217 e. The average Bonchev–Trinajstić information content (AvgIpc) is 2.40. The average molecular weight is 264 g/mol. The minimum atomic E-state index is 0.750. The van der Waals surface area contributed by atoms with E-state index in [1.54, 1.807) is 0 Å². The van der Waals surface area contributed by atoms with Crippen molar-refractivity contribution in [2.24, 2.45) is 0 Å². The van der Waals surface area contributed by atoms with Gasteiger partial charge in [-0.1, -0.05) is 18.2 Å². The summed E-state index contributed by atoms with van der Waals surface area (Å²) >= 11 is 1.97. The third-order valence-corrected chi connectivity index (χ3v) is 4.62. The number of thioether (sulfide) groups is 1. The Kier molecular flexibility index (Phi) is 5.54. The minimum absolute atomic E-state index is 0.750. The van der Waals surface area contributed by atoms with Crippen LogP contribution in [-0.4, -0.2) is 55.3 Å². The fraction of sp³-hybridized carbons (Fsp3) is 0.600. The molecular formula is C15H24N2S. The Morgan fingerprint density at radius 3 is 2.78 bits per heavy atom. The van der Waals surface area contributed by atoms with Gasteiger partial charge in [0, 0.05) is 29.8 Å². The molecule has 1 atom stereocenters. The molecule has 0 bridgehead atoms. The van der Waals surface area contributed by atoms with Crippen molar-refractivity contribution in [2.45, 2.75) is 23.8 Å². The number of hydrogen-bond acceptors (Lipinski definition) is 3. The summed E-state index contributed by atoms with van der Waals surface area (Å²) in [4.78, 5) is 6.37. The van der Waals surface area contributed by atoms with Crippen molar-refractivity contribution in [1.29, 1.82) is 0 Å². The maximum absolute atomic E-state index is 2.62. The lowest BCUT2D eigenvalue weighted by Gasteiger charge is -2.36. The Hall–Kier alpha value is -0.510. The van der Waals surface area contributed by atoms with Gasteiger partial charge in [-0.15, -0.1) is 11.8 Å². The Balaban J connectivity index is 1.70. The van der Waals surface area contributed by atoms with Crippen molar-refractivity contribution >= 4 is 11.8 Å². The molecule has 0 N–H and O–H groups in total. The predicted molar refractivity (Wildman–Crippen MR) is 80.3 cm³/mol. The lowest BCUT2D eigenvalue weighted by molar-refractivity contribution is 0.139. The highest BCUT2D eigenvalue weighted by Crippen LogP contribution is 2.19. The molecule has 2 nitrogen and oxygen atoms in total. The third-order valence-electron chi connectivity index (χ3n) is 3.63. The zero-order valence-corrected chi connectivity index (χ0v) is 12.3. The van der Waals surface area contributed by atoms with Gasteiger partial charge in [0.25, 0.3) is 0 Å². The molecule has 2 rings (SSSR count). The highest BCUT2D eigenvalue weighted by atomic mass is 32.2. The number of likely N-dealkylation sites (tertiary alicyclic amines) is 1.